The van der Waals surface area contributed by atoms with E-state index in [0.29, 0.717) is 6.61 Å². The van der Waals surface area contributed by atoms with Crippen molar-refractivity contribution in [3.63, 3.8) is 0 Å². The van der Waals surface area contributed by atoms with Crippen LogP contribution in [0.2, 0.25) is 0 Å². The molecule has 0 aromatic heterocycles. The van der Waals surface area contributed by atoms with E-state index in [2.05, 4.69) is 22.2 Å². The lowest BCUT2D eigenvalue weighted by Crippen LogP contribution is -2.51. The van der Waals surface area contributed by atoms with Gasteiger partial charge in [0.05, 0.1) is 18.8 Å². The van der Waals surface area contributed by atoms with Gasteiger partial charge in [-0.3, -0.25) is 9.69 Å². The van der Waals surface area contributed by atoms with Gasteiger partial charge in [-0.25, -0.2) is 0 Å². The van der Waals surface area contributed by atoms with Gasteiger partial charge in [0.25, 0.3) is 0 Å². The van der Waals surface area contributed by atoms with Gasteiger partial charge in [0.15, 0.2) is 0 Å². The van der Waals surface area contributed by atoms with E-state index in [-0.39, 0.29) is 24.0 Å². The first-order chi connectivity index (χ1) is 10.5. The number of hydrogen-bond acceptors (Lipinski definition) is 5. The molecule has 1 amide bonds. The van der Waals surface area contributed by atoms with Crippen molar-refractivity contribution in [3.05, 3.63) is 0 Å². The fraction of sp³-hybridized carbons (Fsp3) is 0.938. The fourth-order valence-corrected chi connectivity index (χ4v) is 3.22. The van der Waals surface area contributed by atoms with E-state index in [0.717, 1.165) is 45.6 Å². The van der Waals surface area contributed by atoms with Crippen LogP contribution in [-0.2, 0) is 9.53 Å². The van der Waals surface area contributed by atoms with Crippen LogP contribution in [0, 0.1) is 5.92 Å². The molecule has 2 heterocycles. The van der Waals surface area contributed by atoms with Crippen LogP contribution < -0.4 is 5.32 Å². The lowest BCUT2D eigenvalue weighted by Gasteiger charge is -2.34. The second kappa shape index (κ2) is 8.24. The van der Waals surface area contributed by atoms with Gasteiger partial charge >= 0.3 is 0 Å². The molecule has 0 bridgehead atoms. The summed E-state index contributed by atoms with van der Waals surface area (Å²) in [7, 11) is 2.13. The molecule has 0 radical (unpaired) electrons. The van der Waals surface area contributed by atoms with E-state index in [1.54, 1.807) is 0 Å². The van der Waals surface area contributed by atoms with Crippen molar-refractivity contribution < 1.29 is 14.6 Å². The van der Waals surface area contributed by atoms with Crippen LogP contribution in [-0.4, -0.2) is 85.4 Å². The van der Waals surface area contributed by atoms with E-state index in [9.17, 15) is 9.90 Å². The highest BCUT2D eigenvalue weighted by atomic mass is 16.5. The molecule has 0 aromatic rings. The van der Waals surface area contributed by atoms with Gasteiger partial charge in [0.2, 0.25) is 5.91 Å². The van der Waals surface area contributed by atoms with Crippen molar-refractivity contribution in [2.24, 2.45) is 5.92 Å². The summed E-state index contributed by atoms with van der Waals surface area (Å²) in [5.41, 5.74) is 0. The topological polar surface area (TPSA) is 65.0 Å². The van der Waals surface area contributed by atoms with Crippen molar-refractivity contribution in [3.8, 4) is 0 Å². The number of ether oxygens (including phenoxy) is 1. The number of piperazine rings is 1. The summed E-state index contributed by atoms with van der Waals surface area (Å²) in [6.45, 7) is 9.31. The first-order valence-corrected chi connectivity index (χ1v) is 8.56. The average molecular weight is 313 g/mol. The standard InChI is InChI=1S/C16H31N3O3/c1-4-12(5-2)16(21)17-13-11-22-14(15(13)20)10-19-8-6-18(3)7-9-19/h12-15,20H,4-11H2,1-3H3,(H,17,21)/t13-,14-,15+/m0/s1. The molecule has 0 unspecified atom stereocenters. The summed E-state index contributed by atoms with van der Waals surface area (Å²) in [5.74, 6) is 0.0711. The van der Waals surface area contributed by atoms with Gasteiger partial charge in [-0.05, 0) is 19.9 Å². The predicted octanol–water partition coefficient (Wildman–Crippen LogP) is -0.0855. The number of rotatable bonds is 6. The lowest BCUT2D eigenvalue weighted by atomic mass is 10.0. The molecule has 0 aromatic carbocycles. The van der Waals surface area contributed by atoms with Crippen molar-refractivity contribution >= 4 is 5.91 Å². The molecule has 2 N–H and O–H groups in total. The molecule has 2 fully saturated rings. The van der Waals surface area contributed by atoms with Gasteiger partial charge in [-0.1, -0.05) is 13.8 Å². The van der Waals surface area contributed by atoms with E-state index in [4.69, 9.17) is 4.74 Å². The largest absolute Gasteiger partial charge is 0.388 e. The van der Waals surface area contributed by atoms with Crippen molar-refractivity contribution in [2.45, 2.75) is 44.9 Å². The Kier molecular flexibility index (Phi) is 6.62. The molecule has 0 aliphatic carbocycles. The Morgan fingerprint density at radius 1 is 1.27 bits per heavy atom. The van der Waals surface area contributed by atoms with E-state index in [1.165, 1.54) is 0 Å². The third kappa shape index (κ3) is 4.41. The molecular weight excluding hydrogens is 282 g/mol. The van der Waals surface area contributed by atoms with Crippen LogP contribution in [0.1, 0.15) is 26.7 Å². The Morgan fingerprint density at radius 3 is 2.50 bits per heavy atom. The Balaban J connectivity index is 1.79. The molecule has 0 saturated carbocycles. The van der Waals surface area contributed by atoms with Crippen LogP contribution in [0.3, 0.4) is 0 Å². The van der Waals surface area contributed by atoms with E-state index in [1.807, 2.05) is 13.8 Å². The molecule has 2 saturated heterocycles. The molecule has 6 nitrogen and oxygen atoms in total. The first kappa shape index (κ1) is 17.7. The summed E-state index contributed by atoms with van der Waals surface area (Å²) < 4.78 is 5.74. The van der Waals surface area contributed by atoms with Crippen LogP contribution in [0.4, 0.5) is 0 Å². The molecule has 2 rings (SSSR count). The highest BCUT2D eigenvalue weighted by molar-refractivity contribution is 5.78. The number of carbonyl (C=O) groups excluding carboxylic acids is 1. The molecule has 3 atom stereocenters. The van der Waals surface area contributed by atoms with Crippen LogP contribution >= 0.6 is 0 Å². The highest BCUT2D eigenvalue weighted by Crippen LogP contribution is 2.18. The SMILES string of the molecule is CCC(CC)C(=O)N[C@H]1CO[C@@H](CN2CCN(C)CC2)[C@@H]1O. The van der Waals surface area contributed by atoms with E-state index < -0.39 is 6.10 Å². The Morgan fingerprint density at radius 2 is 1.91 bits per heavy atom. The number of aliphatic hydroxyl groups excluding tert-OH is 1. The maximum Gasteiger partial charge on any atom is 0.223 e. The molecule has 6 heteroatoms. The number of likely N-dealkylation sites (N-methyl/N-ethyl adjacent to an activating group) is 1. The molecule has 2 aliphatic heterocycles. The number of aliphatic hydroxyl groups is 1. The summed E-state index contributed by atoms with van der Waals surface area (Å²) in [6.07, 6.45) is 0.848. The van der Waals surface area contributed by atoms with E-state index >= 15 is 0 Å². The third-order valence-electron chi connectivity index (χ3n) is 5.00. The minimum Gasteiger partial charge on any atom is -0.388 e. The summed E-state index contributed by atoms with van der Waals surface area (Å²) in [4.78, 5) is 16.8. The lowest BCUT2D eigenvalue weighted by molar-refractivity contribution is -0.126. The van der Waals surface area contributed by atoms with Gasteiger partial charge < -0.3 is 20.1 Å². The van der Waals surface area contributed by atoms with Crippen LogP contribution in [0.25, 0.3) is 0 Å². The molecule has 0 spiro atoms. The number of carbonyl (C=O) groups is 1. The smallest absolute Gasteiger partial charge is 0.223 e. The maximum atomic E-state index is 12.1. The quantitative estimate of drug-likeness (QED) is 0.718. The van der Waals surface area contributed by atoms with Crippen LogP contribution in [0.15, 0.2) is 0 Å². The Hall–Kier alpha value is -0.690. The Labute approximate surface area is 133 Å². The zero-order valence-electron chi connectivity index (χ0n) is 14.1. The maximum absolute atomic E-state index is 12.1. The summed E-state index contributed by atoms with van der Waals surface area (Å²) in [5, 5.41) is 13.4. The van der Waals surface area contributed by atoms with Crippen molar-refractivity contribution in [1.29, 1.82) is 0 Å². The number of amides is 1. The van der Waals surface area contributed by atoms with Gasteiger partial charge in [-0.2, -0.15) is 0 Å². The molecule has 128 valence electrons. The van der Waals surface area contributed by atoms with Gasteiger partial charge in [-0.15, -0.1) is 0 Å². The Bertz CT molecular complexity index is 355. The molecular formula is C16H31N3O3. The number of nitrogens with one attached hydrogen (secondary N) is 1. The second-order valence-corrected chi connectivity index (χ2v) is 6.59. The normalized spacial score (nSPS) is 30.9. The number of nitrogens with zero attached hydrogens (tertiary/aromatic N) is 2. The zero-order chi connectivity index (χ0) is 16.1. The zero-order valence-corrected chi connectivity index (χ0v) is 14.1. The number of hydrogen-bond donors (Lipinski definition) is 2. The van der Waals surface area contributed by atoms with Crippen molar-refractivity contribution in [1.82, 2.24) is 15.1 Å². The molecule has 2 aliphatic rings. The van der Waals surface area contributed by atoms with Gasteiger partial charge in [0, 0.05) is 38.6 Å². The average Bonchev–Trinajstić information content (AvgIpc) is 2.84. The monoisotopic (exact) mass is 313 g/mol. The minimum atomic E-state index is -0.613. The molecule has 22 heavy (non-hydrogen) atoms. The third-order valence-corrected chi connectivity index (χ3v) is 5.00. The summed E-state index contributed by atoms with van der Waals surface area (Å²) in [6, 6.07) is -0.273. The van der Waals surface area contributed by atoms with Crippen LogP contribution in [0.5, 0.6) is 0 Å². The minimum absolute atomic E-state index is 0.0314. The van der Waals surface area contributed by atoms with Crippen molar-refractivity contribution in [2.75, 3.05) is 46.4 Å². The first-order valence-electron chi connectivity index (χ1n) is 8.56. The van der Waals surface area contributed by atoms with Gasteiger partial charge in [0.1, 0.15) is 6.10 Å². The second-order valence-electron chi connectivity index (χ2n) is 6.59. The highest BCUT2D eigenvalue weighted by Gasteiger charge is 2.38. The summed E-state index contributed by atoms with van der Waals surface area (Å²) >= 11 is 0. The predicted molar refractivity (Wildman–Crippen MR) is 85.7 cm³/mol. The fourth-order valence-electron chi connectivity index (χ4n) is 3.22.